The van der Waals surface area contributed by atoms with Crippen LogP contribution in [0, 0.1) is 13.8 Å². The van der Waals surface area contributed by atoms with Crippen molar-refractivity contribution in [1.82, 2.24) is 0 Å². The molecule has 0 spiro atoms. The van der Waals surface area contributed by atoms with Gasteiger partial charge in [-0.05, 0) is 19.9 Å². The monoisotopic (exact) mass is 224 g/mol. The molecule has 1 rings (SSSR count). The van der Waals surface area contributed by atoms with Gasteiger partial charge in [0, 0.05) is 0 Å². The van der Waals surface area contributed by atoms with Gasteiger partial charge in [-0.2, -0.15) is 8.78 Å². The number of carbonyl (C=O) groups is 1. The summed E-state index contributed by atoms with van der Waals surface area (Å²) in [4.78, 5) is 11.1. The molecule has 0 aliphatic heterocycles. The quantitative estimate of drug-likeness (QED) is 0.583. The van der Waals surface area contributed by atoms with Gasteiger partial charge in [0.25, 0.3) is 0 Å². The van der Waals surface area contributed by atoms with E-state index in [9.17, 15) is 22.4 Å². The second-order valence-electron chi connectivity index (χ2n) is 3.08. The fraction of sp³-hybridized carbons (Fsp3) is 0.444. The van der Waals surface area contributed by atoms with E-state index < -0.39 is 23.7 Å². The summed E-state index contributed by atoms with van der Waals surface area (Å²) >= 11 is 0. The van der Waals surface area contributed by atoms with E-state index >= 15 is 0 Å². The highest BCUT2D eigenvalue weighted by molar-refractivity contribution is 6.02. The predicted molar refractivity (Wildman–Crippen MR) is 43.5 cm³/mol. The fourth-order valence-electron chi connectivity index (χ4n) is 1.13. The molecule has 1 aromatic heterocycles. The summed E-state index contributed by atoms with van der Waals surface area (Å²) in [5, 5.41) is 0. The first-order valence-electron chi connectivity index (χ1n) is 4.04. The van der Waals surface area contributed by atoms with Gasteiger partial charge in [0.1, 0.15) is 11.5 Å². The molecule has 0 aliphatic carbocycles. The average Bonchev–Trinajstić information content (AvgIpc) is 2.43. The van der Waals surface area contributed by atoms with Gasteiger partial charge in [-0.3, -0.25) is 4.79 Å². The van der Waals surface area contributed by atoms with Gasteiger partial charge in [0.15, 0.2) is 0 Å². The summed E-state index contributed by atoms with van der Waals surface area (Å²) < 4.78 is 53.9. The molecule has 0 saturated heterocycles. The zero-order valence-electron chi connectivity index (χ0n) is 7.98. The normalized spacial score (nSPS) is 12.2. The van der Waals surface area contributed by atoms with E-state index in [0.29, 0.717) is 0 Å². The van der Waals surface area contributed by atoms with Crippen LogP contribution < -0.4 is 0 Å². The lowest BCUT2D eigenvalue weighted by Gasteiger charge is -2.12. The number of rotatable bonds is 3. The van der Waals surface area contributed by atoms with Gasteiger partial charge in [0.2, 0.25) is 5.78 Å². The van der Waals surface area contributed by atoms with Crippen molar-refractivity contribution in [3.05, 3.63) is 23.2 Å². The number of carbonyl (C=O) groups excluding carboxylic acids is 1. The highest BCUT2D eigenvalue weighted by Crippen LogP contribution is 2.29. The lowest BCUT2D eigenvalue weighted by atomic mass is 10.1. The third-order valence-corrected chi connectivity index (χ3v) is 1.86. The van der Waals surface area contributed by atoms with Crippen LogP contribution in [-0.2, 0) is 0 Å². The van der Waals surface area contributed by atoms with Gasteiger partial charge in [-0.25, -0.2) is 8.78 Å². The van der Waals surface area contributed by atoms with Gasteiger partial charge >= 0.3 is 12.3 Å². The van der Waals surface area contributed by atoms with Crippen LogP contribution >= 0.6 is 0 Å². The standard InChI is InChI=1S/C9H8F4O2/c1-4-3-6(5(2)15-4)7(14)9(12,13)8(10)11/h3,8H,1-2H3. The Morgan fingerprint density at radius 2 is 1.93 bits per heavy atom. The lowest BCUT2D eigenvalue weighted by Crippen LogP contribution is -2.36. The topological polar surface area (TPSA) is 30.2 Å². The van der Waals surface area contributed by atoms with Crippen LogP contribution in [0.2, 0.25) is 0 Å². The highest BCUT2D eigenvalue weighted by atomic mass is 19.3. The van der Waals surface area contributed by atoms with Gasteiger partial charge in [-0.1, -0.05) is 0 Å². The van der Waals surface area contributed by atoms with Crippen molar-refractivity contribution in [2.45, 2.75) is 26.2 Å². The van der Waals surface area contributed by atoms with E-state index in [1.807, 2.05) is 0 Å². The van der Waals surface area contributed by atoms with E-state index in [0.717, 1.165) is 6.07 Å². The third kappa shape index (κ3) is 2.03. The van der Waals surface area contributed by atoms with Crippen molar-refractivity contribution >= 4 is 5.78 Å². The zero-order chi connectivity index (χ0) is 11.8. The van der Waals surface area contributed by atoms with Crippen LogP contribution in [0.3, 0.4) is 0 Å². The van der Waals surface area contributed by atoms with Crippen LogP contribution in [0.15, 0.2) is 10.5 Å². The van der Waals surface area contributed by atoms with Crippen molar-refractivity contribution in [3.63, 3.8) is 0 Å². The Labute approximate surface area is 82.9 Å². The second kappa shape index (κ2) is 3.67. The maximum atomic E-state index is 12.7. The van der Waals surface area contributed by atoms with Crippen LogP contribution in [0.1, 0.15) is 21.9 Å². The average molecular weight is 224 g/mol. The maximum Gasteiger partial charge on any atom is 0.369 e. The Balaban J connectivity index is 3.10. The number of aryl methyl sites for hydroxylation is 2. The molecular weight excluding hydrogens is 216 g/mol. The molecule has 0 unspecified atom stereocenters. The molecule has 0 bridgehead atoms. The van der Waals surface area contributed by atoms with Crippen LogP contribution in [0.4, 0.5) is 17.6 Å². The molecule has 84 valence electrons. The summed E-state index contributed by atoms with van der Waals surface area (Å²) in [6.07, 6.45) is -4.01. The maximum absolute atomic E-state index is 12.7. The molecule has 0 N–H and O–H groups in total. The Morgan fingerprint density at radius 3 is 2.27 bits per heavy atom. The Hall–Kier alpha value is -1.33. The molecule has 0 saturated carbocycles. The number of furan rings is 1. The zero-order valence-corrected chi connectivity index (χ0v) is 7.98. The number of Topliss-reactive ketones (excluding diaryl/α,β-unsaturated/α-hetero) is 1. The third-order valence-electron chi connectivity index (χ3n) is 1.86. The lowest BCUT2D eigenvalue weighted by molar-refractivity contribution is -0.0958. The highest BCUT2D eigenvalue weighted by Gasteiger charge is 2.49. The van der Waals surface area contributed by atoms with Crippen LogP contribution in [-0.4, -0.2) is 18.1 Å². The van der Waals surface area contributed by atoms with Crippen LogP contribution in [0.5, 0.6) is 0 Å². The summed E-state index contributed by atoms with van der Waals surface area (Å²) in [5.41, 5.74) is -0.502. The first kappa shape index (κ1) is 11.7. The van der Waals surface area contributed by atoms with Crippen molar-refractivity contribution < 1.29 is 26.8 Å². The molecule has 0 atom stereocenters. The first-order valence-corrected chi connectivity index (χ1v) is 4.04. The number of hydrogen-bond donors (Lipinski definition) is 0. The second-order valence-corrected chi connectivity index (χ2v) is 3.08. The SMILES string of the molecule is Cc1cc(C(=O)C(F)(F)C(F)F)c(C)o1. The summed E-state index contributed by atoms with van der Waals surface area (Å²) in [6, 6.07) is 1.02. The molecule has 2 nitrogen and oxygen atoms in total. The summed E-state index contributed by atoms with van der Waals surface area (Å²) in [5.74, 6) is -6.44. The molecule has 0 aliphatic rings. The predicted octanol–water partition coefficient (Wildman–Crippen LogP) is 2.98. The van der Waals surface area contributed by atoms with E-state index in [-0.39, 0.29) is 11.5 Å². The molecule has 0 radical (unpaired) electrons. The van der Waals surface area contributed by atoms with Crippen molar-refractivity contribution in [1.29, 1.82) is 0 Å². The molecule has 0 amide bonds. The largest absolute Gasteiger partial charge is 0.466 e. The molecular formula is C9H8F4O2. The molecule has 1 aromatic rings. The number of halogens is 4. The minimum Gasteiger partial charge on any atom is -0.466 e. The van der Waals surface area contributed by atoms with Crippen LogP contribution in [0.25, 0.3) is 0 Å². The van der Waals surface area contributed by atoms with E-state index in [2.05, 4.69) is 0 Å². The minimum atomic E-state index is -4.67. The fourth-order valence-corrected chi connectivity index (χ4v) is 1.13. The van der Waals surface area contributed by atoms with E-state index in [1.165, 1.54) is 13.8 Å². The molecule has 6 heteroatoms. The van der Waals surface area contributed by atoms with Crippen molar-refractivity contribution in [2.24, 2.45) is 0 Å². The number of ketones is 1. The number of hydrogen-bond acceptors (Lipinski definition) is 2. The van der Waals surface area contributed by atoms with Crippen molar-refractivity contribution in [2.75, 3.05) is 0 Å². The Morgan fingerprint density at radius 1 is 1.40 bits per heavy atom. The molecule has 1 heterocycles. The summed E-state index contributed by atoms with van der Waals surface area (Å²) in [6.45, 7) is 2.70. The minimum absolute atomic E-state index is 0.0853. The first-order chi connectivity index (χ1) is 6.76. The van der Waals surface area contributed by atoms with E-state index in [1.54, 1.807) is 0 Å². The molecule has 0 fully saturated rings. The van der Waals surface area contributed by atoms with Gasteiger partial charge in [-0.15, -0.1) is 0 Å². The smallest absolute Gasteiger partial charge is 0.369 e. The summed E-state index contributed by atoms with van der Waals surface area (Å²) in [7, 11) is 0. The number of alkyl halides is 4. The Kier molecular flexibility index (Phi) is 2.88. The van der Waals surface area contributed by atoms with Gasteiger partial charge < -0.3 is 4.42 Å². The Bertz CT molecular complexity index is 381. The van der Waals surface area contributed by atoms with Gasteiger partial charge in [0.05, 0.1) is 5.56 Å². The molecule has 15 heavy (non-hydrogen) atoms. The molecule has 0 aromatic carbocycles. The van der Waals surface area contributed by atoms with Crippen molar-refractivity contribution in [3.8, 4) is 0 Å². The van der Waals surface area contributed by atoms with E-state index in [4.69, 9.17) is 4.42 Å².